The van der Waals surface area contributed by atoms with Crippen molar-refractivity contribution in [1.82, 2.24) is 15.1 Å². The maximum Gasteiger partial charge on any atom is 0.250 e. The SMILES string of the molecule is CC(=O)NC(C(=O)N1CCCC1C(=O)N1CCC(C(=O)Nc2ccc(Br)cc2)CC1)c1ccccc1. The molecular formula is C27H31BrN4O4. The highest BCUT2D eigenvalue weighted by Crippen LogP contribution is 2.27. The first-order chi connectivity index (χ1) is 17.3. The molecule has 0 radical (unpaired) electrons. The van der Waals surface area contributed by atoms with Gasteiger partial charge in [-0.3, -0.25) is 19.2 Å². The Morgan fingerprint density at radius 1 is 0.917 bits per heavy atom. The second kappa shape index (κ2) is 11.7. The summed E-state index contributed by atoms with van der Waals surface area (Å²) in [5.74, 6) is -0.856. The van der Waals surface area contributed by atoms with E-state index in [9.17, 15) is 19.2 Å². The van der Waals surface area contributed by atoms with E-state index in [0.29, 0.717) is 44.5 Å². The average Bonchev–Trinajstić information content (AvgIpc) is 3.38. The Bertz CT molecular complexity index is 1100. The van der Waals surface area contributed by atoms with Crippen LogP contribution < -0.4 is 10.6 Å². The molecule has 2 aliphatic heterocycles. The Kier molecular flexibility index (Phi) is 8.40. The zero-order valence-corrected chi connectivity index (χ0v) is 21.9. The molecule has 2 atom stereocenters. The number of carbonyl (C=O) groups excluding carboxylic acids is 4. The lowest BCUT2D eigenvalue weighted by molar-refractivity contribution is -0.146. The van der Waals surface area contributed by atoms with Gasteiger partial charge in [-0.05, 0) is 55.5 Å². The van der Waals surface area contributed by atoms with Crippen LogP contribution in [0.4, 0.5) is 5.69 Å². The van der Waals surface area contributed by atoms with E-state index in [4.69, 9.17) is 0 Å². The third kappa shape index (κ3) is 6.13. The van der Waals surface area contributed by atoms with Crippen LogP contribution in [0, 0.1) is 5.92 Å². The van der Waals surface area contributed by atoms with Crippen molar-refractivity contribution in [2.45, 2.75) is 44.7 Å². The number of benzene rings is 2. The minimum atomic E-state index is -0.829. The van der Waals surface area contributed by atoms with Crippen molar-refractivity contribution in [2.24, 2.45) is 5.92 Å². The number of halogens is 1. The lowest BCUT2D eigenvalue weighted by atomic mass is 9.95. The maximum atomic E-state index is 13.5. The van der Waals surface area contributed by atoms with Gasteiger partial charge in [-0.25, -0.2) is 0 Å². The molecule has 2 heterocycles. The minimum absolute atomic E-state index is 0.0388. The zero-order chi connectivity index (χ0) is 25.7. The molecule has 4 amide bonds. The van der Waals surface area contributed by atoms with Crippen LogP contribution in [-0.4, -0.2) is 59.1 Å². The van der Waals surface area contributed by atoms with Gasteiger partial charge >= 0.3 is 0 Å². The third-order valence-corrected chi connectivity index (χ3v) is 7.37. The Balaban J connectivity index is 1.37. The summed E-state index contributed by atoms with van der Waals surface area (Å²) < 4.78 is 0.943. The number of nitrogens with zero attached hydrogens (tertiary/aromatic N) is 2. The number of hydrogen-bond acceptors (Lipinski definition) is 4. The van der Waals surface area contributed by atoms with Gasteiger partial charge in [0, 0.05) is 42.6 Å². The van der Waals surface area contributed by atoms with Crippen LogP contribution in [0.1, 0.15) is 44.2 Å². The van der Waals surface area contributed by atoms with Crippen LogP contribution in [-0.2, 0) is 19.2 Å². The molecule has 0 saturated carbocycles. The first-order valence-electron chi connectivity index (χ1n) is 12.3. The standard InChI is InChI=1S/C27H31BrN4O4/c1-18(33)29-24(19-6-3-2-4-7-19)27(36)32-15-5-8-23(32)26(35)31-16-13-20(14-17-31)25(34)30-22-11-9-21(28)10-12-22/h2-4,6-7,9-12,20,23-24H,5,8,13-17H2,1H3,(H,29,33)(H,30,34). The van der Waals surface area contributed by atoms with Gasteiger partial charge < -0.3 is 20.4 Å². The molecule has 36 heavy (non-hydrogen) atoms. The van der Waals surface area contributed by atoms with Gasteiger partial charge in [0.1, 0.15) is 12.1 Å². The molecular weight excluding hydrogens is 524 g/mol. The number of rotatable bonds is 6. The first-order valence-corrected chi connectivity index (χ1v) is 13.1. The molecule has 8 nitrogen and oxygen atoms in total. The first kappa shape index (κ1) is 25.9. The fraction of sp³-hybridized carbons (Fsp3) is 0.407. The minimum Gasteiger partial charge on any atom is -0.341 e. The van der Waals surface area contributed by atoms with Gasteiger partial charge in [0.25, 0.3) is 0 Å². The number of amides is 4. The van der Waals surface area contributed by atoms with Crippen molar-refractivity contribution >= 4 is 45.2 Å². The highest BCUT2D eigenvalue weighted by atomic mass is 79.9. The lowest BCUT2D eigenvalue weighted by Gasteiger charge is -2.36. The molecule has 190 valence electrons. The fourth-order valence-corrected chi connectivity index (χ4v) is 5.20. The van der Waals surface area contributed by atoms with E-state index in [2.05, 4.69) is 26.6 Å². The predicted molar refractivity (Wildman–Crippen MR) is 140 cm³/mol. The van der Waals surface area contributed by atoms with Gasteiger partial charge in [-0.2, -0.15) is 0 Å². The van der Waals surface area contributed by atoms with Crippen LogP contribution in [0.25, 0.3) is 0 Å². The van der Waals surface area contributed by atoms with Crippen molar-refractivity contribution < 1.29 is 19.2 Å². The van der Waals surface area contributed by atoms with Gasteiger partial charge in [0.15, 0.2) is 0 Å². The van der Waals surface area contributed by atoms with E-state index in [1.165, 1.54) is 6.92 Å². The van der Waals surface area contributed by atoms with Crippen molar-refractivity contribution in [3.8, 4) is 0 Å². The van der Waals surface area contributed by atoms with Gasteiger partial charge in [-0.15, -0.1) is 0 Å². The van der Waals surface area contributed by atoms with E-state index in [-0.39, 0.29) is 29.5 Å². The summed E-state index contributed by atoms with van der Waals surface area (Å²) in [7, 11) is 0. The number of carbonyl (C=O) groups is 4. The number of nitrogens with one attached hydrogen (secondary N) is 2. The zero-order valence-electron chi connectivity index (χ0n) is 20.3. The molecule has 0 aromatic heterocycles. The van der Waals surface area contributed by atoms with Crippen molar-refractivity contribution in [3.63, 3.8) is 0 Å². The summed E-state index contributed by atoms with van der Waals surface area (Å²) in [6.45, 7) is 2.81. The van der Waals surface area contributed by atoms with Crippen LogP contribution in [0.15, 0.2) is 59.1 Å². The van der Waals surface area contributed by atoms with E-state index >= 15 is 0 Å². The van der Waals surface area contributed by atoms with E-state index in [1.807, 2.05) is 42.5 Å². The lowest BCUT2D eigenvalue weighted by Crippen LogP contribution is -2.52. The third-order valence-electron chi connectivity index (χ3n) is 6.84. The summed E-state index contributed by atoms with van der Waals surface area (Å²) in [6.07, 6.45) is 2.48. The second-order valence-electron chi connectivity index (χ2n) is 9.33. The van der Waals surface area contributed by atoms with Crippen LogP contribution in [0.2, 0.25) is 0 Å². The smallest absolute Gasteiger partial charge is 0.250 e. The van der Waals surface area contributed by atoms with Crippen LogP contribution in [0.3, 0.4) is 0 Å². The molecule has 2 aromatic carbocycles. The molecule has 2 aliphatic rings. The summed E-state index contributed by atoms with van der Waals surface area (Å²) >= 11 is 3.39. The number of piperidine rings is 1. The Morgan fingerprint density at radius 3 is 2.22 bits per heavy atom. The summed E-state index contributed by atoms with van der Waals surface area (Å²) in [5, 5.41) is 5.70. The molecule has 4 rings (SSSR count). The van der Waals surface area contributed by atoms with E-state index in [1.54, 1.807) is 21.9 Å². The summed E-state index contributed by atoms with van der Waals surface area (Å²) in [6, 6.07) is 15.2. The van der Waals surface area contributed by atoms with Gasteiger partial charge in [-0.1, -0.05) is 46.3 Å². The van der Waals surface area contributed by atoms with Crippen LogP contribution >= 0.6 is 15.9 Å². The number of likely N-dealkylation sites (tertiary alicyclic amines) is 2. The molecule has 0 bridgehead atoms. The van der Waals surface area contributed by atoms with E-state index < -0.39 is 12.1 Å². The van der Waals surface area contributed by atoms with E-state index in [0.717, 1.165) is 16.6 Å². The monoisotopic (exact) mass is 554 g/mol. The van der Waals surface area contributed by atoms with Crippen molar-refractivity contribution in [2.75, 3.05) is 25.0 Å². The summed E-state index contributed by atoms with van der Waals surface area (Å²) in [5.41, 5.74) is 1.43. The molecule has 2 fully saturated rings. The number of anilines is 1. The highest BCUT2D eigenvalue weighted by Gasteiger charge is 2.40. The quantitative estimate of drug-likeness (QED) is 0.570. The van der Waals surface area contributed by atoms with Crippen molar-refractivity contribution in [3.05, 3.63) is 64.6 Å². The van der Waals surface area contributed by atoms with Crippen molar-refractivity contribution in [1.29, 1.82) is 0 Å². The highest BCUT2D eigenvalue weighted by molar-refractivity contribution is 9.10. The number of hydrogen-bond donors (Lipinski definition) is 2. The molecule has 2 aromatic rings. The Morgan fingerprint density at radius 2 is 1.58 bits per heavy atom. The Hall–Kier alpha value is -3.20. The molecule has 9 heteroatoms. The van der Waals surface area contributed by atoms with Crippen LogP contribution in [0.5, 0.6) is 0 Å². The fourth-order valence-electron chi connectivity index (χ4n) is 4.94. The normalized spacial score (nSPS) is 19.0. The molecule has 0 spiro atoms. The molecule has 2 saturated heterocycles. The Labute approximate surface area is 219 Å². The average molecular weight is 555 g/mol. The predicted octanol–water partition coefficient (Wildman–Crippen LogP) is 3.49. The topological polar surface area (TPSA) is 98.8 Å². The molecule has 2 N–H and O–H groups in total. The summed E-state index contributed by atoms with van der Waals surface area (Å²) in [4.78, 5) is 54.9. The second-order valence-corrected chi connectivity index (χ2v) is 10.2. The molecule has 0 aliphatic carbocycles. The van der Waals surface area contributed by atoms with Gasteiger partial charge in [0.2, 0.25) is 23.6 Å². The largest absolute Gasteiger partial charge is 0.341 e. The molecule has 2 unspecified atom stereocenters. The maximum absolute atomic E-state index is 13.5. The van der Waals surface area contributed by atoms with Gasteiger partial charge in [0.05, 0.1) is 0 Å².